The molecule has 120 valence electrons. The summed E-state index contributed by atoms with van der Waals surface area (Å²) in [5.74, 6) is -1.11. The van der Waals surface area contributed by atoms with Gasteiger partial charge < -0.3 is 15.2 Å². The molecule has 0 spiro atoms. The van der Waals surface area contributed by atoms with Crippen LogP contribution in [-0.2, 0) is 14.3 Å². The van der Waals surface area contributed by atoms with Gasteiger partial charge in [-0.25, -0.2) is 0 Å². The van der Waals surface area contributed by atoms with Crippen LogP contribution < -0.4 is 5.32 Å². The molecule has 0 radical (unpaired) electrons. The number of carbonyl (C=O) groups is 2. The Morgan fingerprint density at radius 1 is 1.23 bits per heavy atom. The van der Waals surface area contributed by atoms with Crippen molar-refractivity contribution >= 4 is 11.9 Å². The van der Waals surface area contributed by atoms with Gasteiger partial charge in [-0.05, 0) is 18.4 Å². The fraction of sp³-hybridized carbons (Fsp3) is 0.529. The van der Waals surface area contributed by atoms with Crippen LogP contribution in [0, 0.1) is 5.41 Å². The smallest absolute Gasteiger partial charge is 0.311 e. The second kappa shape index (κ2) is 7.40. The van der Waals surface area contributed by atoms with Crippen molar-refractivity contribution in [3.05, 3.63) is 35.9 Å². The van der Waals surface area contributed by atoms with Gasteiger partial charge in [-0.15, -0.1) is 0 Å². The van der Waals surface area contributed by atoms with Gasteiger partial charge in [0.25, 0.3) is 5.91 Å². The van der Waals surface area contributed by atoms with E-state index in [2.05, 4.69) is 5.32 Å². The normalized spacial score (nSPS) is 18.4. The first-order valence-electron chi connectivity index (χ1n) is 7.68. The summed E-state index contributed by atoms with van der Waals surface area (Å²) in [5, 5.41) is 12.3. The summed E-state index contributed by atoms with van der Waals surface area (Å²) in [4.78, 5) is 24.0. The van der Waals surface area contributed by atoms with Crippen molar-refractivity contribution in [2.24, 2.45) is 5.41 Å². The van der Waals surface area contributed by atoms with Gasteiger partial charge in [-0.3, -0.25) is 9.59 Å². The van der Waals surface area contributed by atoms with E-state index in [1.807, 2.05) is 30.3 Å². The lowest BCUT2D eigenvalue weighted by Crippen LogP contribution is -2.45. The minimum absolute atomic E-state index is 0.161. The number of hydrogen-bond donors (Lipinski definition) is 2. The molecular weight excluding hydrogens is 282 g/mol. The molecule has 2 N–H and O–H groups in total. The van der Waals surface area contributed by atoms with E-state index in [-0.39, 0.29) is 12.5 Å². The molecule has 1 aromatic carbocycles. The number of ether oxygens (including phenoxy) is 1. The van der Waals surface area contributed by atoms with Crippen LogP contribution in [0.1, 0.15) is 43.8 Å². The number of carboxylic acid groups (broad SMARTS) is 1. The molecule has 5 heteroatoms. The first-order valence-corrected chi connectivity index (χ1v) is 7.68. The van der Waals surface area contributed by atoms with Crippen LogP contribution in [0.5, 0.6) is 0 Å². The number of rotatable bonds is 6. The van der Waals surface area contributed by atoms with Crippen molar-refractivity contribution in [2.45, 2.75) is 38.2 Å². The zero-order valence-corrected chi connectivity index (χ0v) is 12.9. The number of carbonyl (C=O) groups excluding carboxylic acids is 1. The molecule has 1 saturated carbocycles. The third-order valence-electron chi connectivity index (χ3n) is 4.44. The lowest BCUT2D eigenvalue weighted by atomic mass is 9.74. The Morgan fingerprint density at radius 3 is 2.41 bits per heavy atom. The summed E-state index contributed by atoms with van der Waals surface area (Å²) in [7, 11) is 1.48. The van der Waals surface area contributed by atoms with Gasteiger partial charge in [0.05, 0.1) is 5.41 Å². The maximum Gasteiger partial charge on any atom is 0.311 e. The summed E-state index contributed by atoms with van der Waals surface area (Å²) >= 11 is 0. The standard InChI is InChI=1S/C17H23NO4/c1-22-14(13-8-4-2-5-9-13)15(19)18-12-17(16(20)21)10-6-3-7-11-17/h2,4-5,8-9,14H,3,6-7,10-12H2,1H3,(H,18,19)(H,20,21). The van der Waals surface area contributed by atoms with Crippen molar-refractivity contribution < 1.29 is 19.4 Å². The highest BCUT2D eigenvalue weighted by Crippen LogP contribution is 2.36. The largest absolute Gasteiger partial charge is 0.481 e. The van der Waals surface area contributed by atoms with Crippen LogP contribution in [0.15, 0.2) is 30.3 Å². The molecule has 5 nitrogen and oxygen atoms in total. The van der Waals surface area contributed by atoms with Gasteiger partial charge in [0.15, 0.2) is 6.10 Å². The van der Waals surface area contributed by atoms with Crippen LogP contribution >= 0.6 is 0 Å². The van der Waals surface area contributed by atoms with Gasteiger partial charge in [0.1, 0.15) is 0 Å². The first-order chi connectivity index (χ1) is 10.6. The average molecular weight is 305 g/mol. The lowest BCUT2D eigenvalue weighted by Gasteiger charge is -2.33. The fourth-order valence-corrected chi connectivity index (χ4v) is 3.07. The molecule has 1 aliphatic carbocycles. The number of amides is 1. The maximum atomic E-state index is 12.4. The molecule has 1 aromatic rings. The van der Waals surface area contributed by atoms with E-state index in [1.165, 1.54) is 7.11 Å². The zero-order valence-electron chi connectivity index (χ0n) is 12.9. The Labute approximate surface area is 130 Å². The van der Waals surface area contributed by atoms with Crippen molar-refractivity contribution in [3.63, 3.8) is 0 Å². The first kappa shape index (κ1) is 16.5. The van der Waals surface area contributed by atoms with E-state index in [1.54, 1.807) is 0 Å². The predicted octanol–water partition coefficient (Wildman–Crippen LogP) is 2.53. The molecule has 0 aromatic heterocycles. The van der Waals surface area contributed by atoms with Gasteiger partial charge >= 0.3 is 5.97 Å². The van der Waals surface area contributed by atoms with Crippen molar-refractivity contribution in [3.8, 4) is 0 Å². The molecule has 1 amide bonds. The molecule has 0 bridgehead atoms. The number of benzene rings is 1. The number of aliphatic carboxylic acids is 1. The number of carboxylic acids is 1. The lowest BCUT2D eigenvalue weighted by molar-refractivity contribution is -0.151. The van der Waals surface area contributed by atoms with Gasteiger partial charge in [0, 0.05) is 13.7 Å². The molecule has 1 unspecified atom stereocenters. The Bertz CT molecular complexity index is 509. The predicted molar refractivity (Wildman–Crippen MR) is 82.4 cm³/mol. The van der Waals surface area contributed by atoms with Crippen molar-refractivity contribution in [1.82, 2.24) is 5.32 Å². The minimum Gasteiger partial charge on any atom is -0.481 e. The SMILES string of the molecule is COC(C(=O)NCC1(C(=O)O)CCCCC1)c1ccccc1. The molecule has 1 atom stereocenters. The van der Waals surface area contributed by atoms with E-state index in [4.69, 9.17) is 4.74 Å². The highest BCUT2D eigenvalue weighted by Gasteiger charge is 2.40. The van der Waals surface area contributed by atoms with Gasteiger partial charge in [-0.2, -0.15) is 0 Å². The summed E-state index contributed by atoms with van der Waals surface area (Å²) in [5.41, 5.74) is -0.0707. The van der Waals surface area contributed by atoms with E-state index in [0.29, 0.717) is 12.8 Å². The number of methoxy groups -OCH3 is 1. The van der Waals surface area contributed by atoms with Gasteiger partial charge in [0.2, 0.25) is 0 Å². The van der Waals surface area contributed by atoms with Crippen LogP contribution in [0.4, 0.5) is 0 Å². The molecule has 1 fully saturated rings. The van der Waals surface area contributed by atoms with Gasteiger partial charge in [-0.1, -0.05) is 49.6 Å². The van der Waals surface area contributed by atoms with Crippen LogP contribution in [0.3, 0.4) is 0 Å². The molecule has 2 rings (SSSR count). The van der Waals surface area contributed by atoms with Crippen molar-refractivity contribution in [1.29, 1.82) is 0 Å². The van der Waals surface area contributed by atoms with E-state index >= 15 is 0 Å². The zero-order chi connectivity index (χ0) is 16.0. The quantitative estimate of drug-likeness (QED) is 0.847. The molecule has 22 heavy (non-hydrogen) atoms. The minimum atomic E-state index is -0.830. The van der Waals surface area contributed by atoms with E-state index in [9.17, 15) is 14.7 Å². The Balaban J connectivity index is 2.02. The molecular formula is C17H23NO4. The second-order valence-electron chi connectivity index (χ2n) is 5.89. The highest BCUT2D eigenvalue weighted by molar-refractivity contribution is 5.83. The maximum absolute atomic E-state index is 12.4. The molecule has 0 heterocycles. The summed E-state index contributed by atoms with van der Waals surface area (Å²) in [6.07, 6.45) is 3.38. The fourth-order valence-electron chi connectivity index (χ4n) is 3.07. The number of hydrogen-bond acceptors (Lipinski definition) is 3. The highest BCUT2D eigenvalue weighted by atomic mass is 16.5. The Kier molecular flexibility index (Phi) is 5.55. The van der Waals surface area contributed by atoms with Crippen LogP contribution in [0.25, 0.3) is 0 Å². The third kappa shape index (κ3) is 3.65. The second-order valence-corrected chi connectivity index (χ2v) is 5.89. The molecule has 0 saturated heterocycles. The van der Waals surface area contributed by atoms with E-state index in [0.717, 1.165) is 24.8 Å². The van der Waals surface area contributed by atoms with E-state index < -0.39 is 17.5 Å². The molecule has 1 aliphatic rings. The Morgan fingerprint density at radius 2 is 1.86 bits per heavy atom. The molecule has 0 aliphatic heterocycles. The van der Waals surface area contributed by atoms with Crippen LogP contribution in [-0.4, -0.2) is 30.6 Å². The summed E-state index contributed by atoms with van der Waals surface area (Å²) < 4.78 is 5.27. The topological polar surface area (TPSA) is 75.6 Å². The average Bonchev–Trinajstić information content (AvgIpc) is 2.55. The monoisotopic (exact) mass is 305 g/mol. The number of nitrogens with one attached hydrogen (secondary N) is 1. The van der Waals surface area contributed by atoms with Crippen molar-refractivity contribution in [2.75, 3.05) is 13.7 Å². The third-order valence-corrected chi connectivity index (χ3v) is 4.44. The summed E-state index contributed by atoms with van der Waals surface area (Å²) in [6, 6.07) is 9.20. The van der Waals surface area contributed by atoms with Crippen LogP contribution in [0.2, 0.25) is 0 Å². The summed E-state index contributed by atoms with van der Waals surface area (Å²) in [6.45, 7) is 0.161. The Hall–Kier alpha value is -1.88.